The van der Waals surface area contributed by atoms with E-state index >= 15 is 0 Å². The van der Waals surface area contributed by atoms with Gasteiger partial charge in [0.05, 0.1) is 0 Å². The molecular weight excluding hydrogens is 349 g/mol. The second-order valence-electron chi connectivity index (χ2n) is 7.14. The first-order valence-corrected chi connectivity index (χ1v) is 9.69. The van der Waals surface area contributed by atoms with E-state index in [0.29, 0.717) is 6.61 Å². The van der Waals surface area contributed by atoms with Gasteiger partial charge in [0.1, 0.15) is 18.2 Å². The molecule has 2 nitrogen and oxygen atoms in total. The highest BCUT2D eigenvalue weighted by atomic mass is 19.1. The molecule has 0 saturated heterocycles. The van der Waals surface area contributed by atoms with Gasteiger partial charge in [-0.2, -0.15) is 0 Å². The summed E-state index contributed by atoms with van der Waals surface area (Å²) in [5.74, 6) is 0.719. The van der Waals surface area contributed by atoms with Crippen molar-refractivity contribution in [3.63, 3.8) is 0 Å². The lowest BCUT2D eigenvalue weighted by Crippen LogP contribution is -2.28. The van der Waals surface area contributed by atoms with Gasteiger partial charge in [-0.3, -0.25) is 4.90 Å². The fourth-order valence-corrected chi connectivity index (χ4v) is 3.51. The highest BCUT2D eigenvalue weighted by molar-refractivity contribution is 5.66. The quantitative estimate of drug-likeness (QED) is 0.550. The Labute approximate surface area is 165 Å². The normalized spacial score (nSPS) is 14.5. The Morgan fingerprint density at radius 1 is 0.857 bits per heavy atom. The van der Waals surface area contributed by atoms with Gasteiger partial charge in [-0.25, -0.2) is 4.39 Å². The SMILES string of the molecule is Fc1ccc(C2=CCN(Cc3cccc(OCc4ccccc4)c3)CC2)cc1. The summed E-state index contributed by atoms with van der Waals surface area (Å²) in [5.41, 5.74) is 4.85. The van der Waals surface area contributed by atoms with Crippen LogP contribution in [0.3, 0.4) is 0 Å². The fraction of sp³-hybridized carbons (Fsp3) is 0.200. The van der Waals surface area contributed by atoms with Crippen molar-refractivity contribution in [2.75, 3.05) is 13.1 Å². The summed E-state index contributed by atoms with van der Waals surface area (Å²) >= 11 is 0. The van der Waals surface area contributed by atoms with Gasteiger partial charge in [-0.05, 0) is 52.9 Å². The summed E-state index contributed by atoms with van der Waals surface area (Å²) < 4.78 is 19.0. The van der Waals surface area contributed by atoms with Crippen LogP contribution in [0.15, 0.2) is 84.9 Å². The van der Waals surface area contributed by atoms with Gasteiger partial charge in [0.15, 0.2) is 0 Å². The zero-order valence-electron chi connectivity index (χ0n) is 15.9. The van der Waals surface area contributed by atoms with Crippen molar-refractivity contribution in [2.45, 2.75) is 19.6 Å². The highest BCUT2D eigenvalue weighted by Gasteiger charge is 2.13. The lowest BCUT2D eigenvalue weighted by atomic mass is 9.99. The lowest BCUT2D eigenvalue weighted by Gasteiger charge is -2.26. The molecule has 1 heterocycles. The van der Waals surface area contributed by atoms with Crippen molar-refractivity contribution in [3.8, 4) is 5.75 Å². The summed E-state index contributed by atoms with van der Waals surface area (Å²) in [6.45, 7) is 3.38. The number of rotatable bonds is 6. The Kier molecular flexibility index (Phi) is 5.83. The predicted octanol–water partition coefficient (Wildman–Crippen LogP) is 5.69. The van der Waals surface area contributed by atoms with Crippen molar-refractivity contribution in [2.24, 2.45) is 0 Å². The van der Waals surface area contributed by atoms with E-state index < -0.39 is 0 Å². The maximum Gasteiger partial charge on any atom is 0.123 e. The van der Waals surface area contributed by atoms with E-state index in [1.54, 1.807) is 0 Å². The second kappa shape index (κ2) is 8.85. The van der Waals surface area contributed by atoms with Crippen molar-refractivity contribution < 1.29 is 9.13 Å². The molecule has 0 spiro atoms. The summed E-state index contributed by atoms with van der Waals surface area (Å²) in [5, 5.41) is 0. The third-order valence-corrected chi connectivity index (χ3v) is 5.06. The summed E-state index contributed by atoms with van der Waals surface area (Å²) in [7, 11) is 0. The smallest absolute Gasteiger partial charge is 0.123 e. The molecule has 0 unspecified atom stereocenters. The molecule has 3 aromatic rings. The fourth-order valence-electron chi connectivity index (χ4n) is 3.51. The molecule has 3 heteroatoms. The van der Waals surface area contributed by atoms with Gasteiger partial charge < -0.3 is 4.74 Å². The lowest BCUT2D eigenvalue weighted by molar-refractivity contribution is 0.289. The number of nitrogens with zero attached hydrogens (tertiary/aromatic N) is 1. The zero-order chi connectivity index (χ0) is 19.2. The molecule has 0 atom stereocenters. The Bertz CT molecular complexity index is 934. The van der Waals surface area contributed by atoms with Gasteiger partial charge in [0, 0.05) is 19.6 Å². The first kappa shape index (κ1) is 18.5. The van der Waals surface area contributed by atoms with Gasteiger partial charge in [-0.15, -0.1) is 0 Å². The van der Waals surface area contributed by atoms with Crippen LogP contribution in [0.2, 0.25) is 0 Å². The average Bonchev–Trinajstić information content (AvgIpc) is 2.75. The molecule has 142 valence electrons. The van der Waals surface area contributed by atoms with E-state index in [-0.39, 0.29) is 5.82 Å². The van der Waals surface area contributed by atoms with E-state index in [9.17, 15) is 4.39 Å². The maximum absolute atomic E-state index is 13.1. The van der Waals surface area contributed by atoms with Crippen LogP contribution in [0.1, 0.15) is 23.1 Å². The molecule has 0 amide bonds. The Balaban J connectivity index is 1.34. The number of benzene rings is 3. The van der Waals surface area contributed by atoms with Crippen molar-refractivity contribution in [1.29, 1.82) is 0 Å². The molecule has 0 fully saturated rings. The molecule has 3 aromatic carbocycles. The number of ether oxygens (including phenoxy) is 1. The van der Waals surface area contributed by atoms with Crippen molar-refractivity contribution >= 4 is 5.57 Å². The molecule has 0 N–H and O–H groups in total. The van der Waals surface area contributed by atoms with Crippen molar-refractivity contribution in [1.82, 2.24) is 4.90 Å². The first-order chi connectivity index (χ1) is 13.8. The molecule has 28 heavy (non-hydrogen) atoms. The Morgan fingerprint density at radius 3 is 2.39 bits per heavy atom. The highest BCUT2D eigenvalue weighted by Crippen LogP contribution is 2.24. The van der Waals surface area contributed by atoms with Gasteiger partial charge >= 0.3 is 0 Å². The molecule has 0 radical (unpaired) electrons. The van der Waals surface area contributed by atoms with Crippen molar-refractivity contribution in [3.05, 3.63) is 107 Å². The van der Waals surface area contributed by atoms with Crippen LogP contribution in [0.4, 0.5) is 4.39 Å². The van der Waals surface area contributed by atoms with Gasteiger partial charge in [0.25, 0.3) is 0 Å². The monoisotopic (exact) mass is 373 g/mol. The average molecular weight is 373 g/mol. The van der Waals surface area contributed by atoms with E-state index in [1.807, 2.05) is 36.4 Å². The molecule has 0 aliphatic carbocycles. The third kappa shape index (κ3) is 4.87. The van der Waals surface area contributed by atoms with E-state index in [2.05, 4.69) is 41.3 Å². The molecule has 0 saturated carbocycles. The second-order valence-corrected chi connectivity index (χ2v) is 7.14. The molecule has 1 aliphatic heterocycles. The first-order valence-electron chi connectivity index (χ1n) is 9.69. The van der Waals surface area contributed by atoms with Crippen LogP contribution in [0.25, 0.3) is 5.57 Å². The number of hydrogen-bond acceptors (Lipinski definition) is 2. The molecule has 0 bridgehead atoms. The number of halogens is 1. The number of hydrogen-bond donors (Lipinski definition) is 0. The standard InChI is InChI=1S/C25H24FNO/c26-24-11-9-22(10-12-24)23-13-15-27(16-14-23)18-21-7-4-8-25(17-21)28-19-20-5-2-1-3-6-20/h1-13,17H,14-16,18-19H2. The van der Waals surface area contributed by atoms with Crippen LogP contribution < -0.4 is 4.74 Å². The summed E-state index contributed by atoms with van der Waals surface area (Å²) in [6.07, 6.45) is 3.24. The molecule has 4 rings (SSSR count). The minimum absolute atomic E-state index is 0.184. The van der Waals surface area contributed by atoms with Crippen LogP contribution >= 0.6 is 0 Å². The van der Waals surface area contributed by atoms with E-state index in [4.69, 9.17) is 4.74 Å². The summed E-state index contributed by atoms with van der Waals surface area (Å²) in [4.78, 5) is 2.42. The zero-order valence-corrected chi connectivity index (χ0v) is 15.9. The van der Waals surface area contributed by atoms with E-state index in [1.165, 1.54) is 28.8 Å². The van der Waals surface area contributed by atoms with Crippen LogP contribution in [-0.2, 0) is 13.2 Å². The molecule has 1 aliphatic rings. The molecular formula is C25H24FNO. The minimum Gasteiger partial charge on any atom is -0.489 e. The maximum atomic E-state index is 13.1. The van der Waals surface area contributed by atoms with E-state index in [0.717, 1.165) is 37.4 Å². The van der Waals surface area contributed by atoms with Crippen LogP contribution in [0.5, 0.6) is 5.75 Å². The summed E-state index contributed by atoms with van der Waals surface area (Å²) in [6, 6.07) is 25.3. The largest absolute Gasteiger partial charge is 0.489 e. The Morgan fingerprint density at radius 2 is 1.64 bits per heavy atom. The van der Waals surface area contributed by atoms with Crippen LogP contribution in [-0.4, -0.2) is 18.0 Å². The minimum atomic E-state index is -0.184. The van der Waals surface area contributed by atoms with Gasteiger partial charge in [0.2, 0.25) is 0 Å². The van der Waals surface area contributed by atoms with Gasteiger partial charge in [-0.1, -0.05) is 60.7 Å². The predicted molar refractivity (Wildman–Crippen MR) is 111 cm³/mol. The molecule has 0 aromatic heterocycles. The third-order valence-electron chi connectivity index (χ3n) is 5.06. The topological polar surface area (TPSA) is 12.5 Å². The van der Waals surface area contributed by atoms with Crippen LogP contribution in [0, 0.1) is 5.82 Å². The Hall–Kier alpha value is -2.91.